The van der Waals surface area contributed by atoms with Crippen LogP contribution >= 0.6 is 11.6 Å². The highest BCUT2D eigenvalue weighted by atomic mass is 35.5. The minimum atomic E-state index is -1.07. The number of pyridine rings is 1. The summed E-state index contributed by atoms with van der Waals surface area (Å²) in [5, 5.41) is 9.77. The number of fused-ring (bicyclic) bond motifs is 3. The summed E-state index contributed by atoms with van der Waals surface area (Å²) < 4.78 is 30.3. The molecule has 35 heavy (non-hydrogen) atoms. The van der Waals surface area contributed by atoms with E-state index < -0.39 is 5.67 Å². The van der Waals surface area contributed by atoms with Gasteiger partial charge in [-0.1, -0.05) is 11.6 Å². The monoisotopic (exact) mass is 497 g/mol. The van der Waals surface area contributed by atoms with E-state index >= 15 is 0 Å². The molecule has 10 heteroatoms. The third-order valence-corrected chi connectivity index (χ3v) is 8.01. The topological polar surface area (TPSA) is 53.3 Å². The molecule has 7 rings (SSSR count). The highest BCUT2D eigenvalue weighted by molar-refractivity contribution is 6.30. The highest BCUT2D eigenvalue weighted by Crippen LogP contribution is 2.45. The van der Waals surface area contributed by atoms with Gasteiger partial charge in [-0.25, -0.2) is 13.8 Å². The van der Waals surface area contributed by atoms with Gasteiger partial charge < -0.3 is 9.80 Å². The Morgan fingerprint density at radius 3 is 2.51 bits per heavy atom. The van der Waals surface area contributed by atoms with E-state index in [9.17, 15) is 8.78 Å². The number of nitrogens with zero attached hydrogens (tertiary/aromatic N) is 7. The molecule has 0 atom stereocenters. The molecule has 0 N–H and O–H groups in total. The molecular weight excluding hydrogens is 472 g/mol. The molecule has 0 unspecified atom stereocenters. The maximum atomic E-state index is 14.6. The van der Waals surface area contributed by atoms with Crippen molar-refractivity contribution in [2.24, 2.45) is 5.41 Å². The molecule has 182 valence electrons. The number of halogens is 3. The molecule has 3 aliphatic heterocycles. The second-order valence-electron chi connectivity index (χ2n) is 10.8. The zero-order valence-electron chi connectivity index (χ0n) is 19.5. The first kappa shape index (κ1) is 21.5. The number of aryl methyl sites for hydroxylation is 1. The first-order valence-corrected chi connectivity index (χ1v) is 12.5. The van der Waals surface area contributed by atoms with Crippen molar-refractivity contribution in [3.05, 3.63) is 58.3 Å². The Morgan fingerprint density at radius 1 is 1.00 bits per heavy atom. The van der Waals surface area contributed by atoms with Gasteiger partial charge in [0.25, 0.3) is 0 Å². The number of rotatable bonds is 4. The second-order valence-corrected chi connectivity index (χ2v) is 11.2. The molecule has 7 nitrogen and oxygen atoms in total. The Balaban J connectivity index is 1.12. The fourth-order valence-corrected chi connectivity index (χ4v) is 5.99. The molecule has 3 fully saturated rings. The highest BCUT2D eigenvalue weighted by Gasteiger charge is 2.53. The minimum absolute atomic E-state index is 0.183. The van der Waals surface area contributed by atoms with Crippen LogP contribution in [0.1, 0.15) is 29.9 Å². The number of anilines is 2. The van der Waals surface area contributed by atoms with Crippen LogP contribution in [0.5, 0.6) is 0 Å². The SMILES string of the molecule is Cc1nc(N2CC3(C2)CN(c2nnc4n2-c2ccc(Cl)cc2CN(CC2(F)CC2)C4)C3)ccc1F. The Labute approximate surface area is 207 Å². The number of aromatic nitrogens is 4. The summed E-state index contributed by atoms with van der Waals surface area (Å²) in [6, 6.07) is 9.12. The molecule has 2 saturated heterocycles. The Morgan fingerprint density at radius 2 is 1.77 bits per heavy atom. The molecular formula is C25H26ClF2N7. The van der Waals surface area contributed by atoms with Gasteiger partial charge in [0.05, 0.1) is 17.9 Å². The normalized spacial score (nSPS) is 21.7. The van der Waals surface area contributed by atoms with Crippen molar-refractivity contribution in [2.45, 2.75) is 38.5 Å². The van der Waals surface area contributed by atoms with E-state index in [0.717, 1.165) is 55.0 Å². The summed E-state index contributed by atoms with van der Waals surface area (Å²) in [5.74, 6) is 2.21. The maximum absolute atomic E-state index is 14.6. The van der Waals surface area contributed by atoms with Gasteiger partial charge in [0.2, 0.25) is 5.95 Å². The van der Waals surface area contributed by atoms with Crippen LogP contribution in [-0.2, 0) is 13.1 Å². The van der Waals surface area contributed by atoms with Crippen molar-refractivity contribution in [2.75, 3.05) is 42.5 Å². The fourth-order valence-electron chi connectivity index (χ4n) is 5.80. The molecule has 1 saturated carbocycles. The largest absolute Gasteiger partial charge is 0.355 e. The lowest BCUT2D eigenvalue weighted by atomic mass is 9.73. The zero-order valence-corrected chi connectivity index (χ0v) is 20.3. The lowest BCUT2D eigenvalue weighted by Gasteiger charge is -2.60. The van der Waals surface area contributed by atoms with Gasteiger partial charge in [-0.2, -0.15) is 0 Å². The molecule has 5 heterocycles. The quantitative estimate of drug-likeness (QED) is 0.545. The van der Waals surface area contributed by atoms with Gasteiger partial charge in [0.1, 0.15) is 17.3 Å². The number of hydrogen-bond donors (Lipinski definition) is 0. The molecule has 0 amide bonds. The standard InChI is InChI=1S/C25H26ClF2N7/c1-16-19(27)3-5-21(29-16)33-11-24(12-33)13-34(14-24)23-31-30-22-10-32(15-25(28)6-7-25)9-17-8-18(26)2-4-20(17)35(22)23/h2-5,8H,6-7,9-15H2,1H3. The lowest BCUT2D eigenvalue weighted by molar-refractivity contribution is 0.153. The summed E-state index contributed by atoms with van der Waals surface area (Å²) in [4.78, 5) is 11.0. The molecule has 1 spiro atoms. The van der Waals surface area contributed by atoms with Crippen LogP contribution in [0.3, 0.4) is 0 Å². The summed E-state index contributed by atoms with van der Waals surface area (Å²) >= 11 is 6.34. The van der Waals surface area contributed by atoms with E-state index in [1.807, 2.05) is 18.2 Å². The molecule has 1 aliphatic carbocycles. The van der Waals surface area contributed by atoms with Crippen LogP contribution in [0.25, 0.3) is 5.69 Å². The molecule has 3 aromatic rings. The van der Waals surface area contributed by atoms with Crippen LogP contribution in [0.4, 0.5) is 20.5 Å². The van der Waals surface area contributed by atoms with Gasteiger partial charge in [-0.05, 0) is 55.7 Å². The van der Waals surface area contributed by atoms with Crippen LogP contribution in [0.15, 0.2) is 30.3 Å². The van der Waals surface area contributed by atoms with Crippen molar-refractivity contribution >= 4 is 23.4 Å². The van der Waals surface area contributed by atoms with E-state index in [4.69, 9.17) is 11.6 Å². The third-order valence-electron chi connectivity index (χ3n) is 7.77. The summed E-state index contributed by atoms with van der Waals surface area (Å²) in [6.45, 7) is 6.81. The smallest absolute Gasteiger partial charge is 0.231 e. The predicted octanol–water partition coefficient (Wildman–Crippen LogP) is 3.91. The number of hydrogen-bond acceptors (Lipinski definition) is 6. The number of alkyl halides is 1. The maximum Gasteiger partial charge on any atom is 0.231 e. The van der Waals surface area contributed by atoms with Crippen LogP contribution < -0.4 is 9.80 Å². The molecule has 2 aromatic heterocycles. The Kier molecular flexibility index (Phi) is 4.52. The minimum Gasteiger partial charge on any atom is -0.355 e. The fraction of sp³-hybridized carbons (Fsp3) is 0.480. The zero-order chi connectivity index (χ0) is 23.9. The van der Waals surface area contributed by atoms with Gasteiger partial charge in [-0.15, -0.1) is 10.2 Å². The van der Waals surface area contributed by atoms with E-state index in [2.05, 4.69) is 34.4 Å². The van der Waals surface area contributed by atoms with Gasteiger partial charge in [0.15, 0.2) is 5.82 Å². The Bertz CT molecular complexity index is 1320. The Hall–Kier alpha value is -2.78. The predicted molar refractivity (Wildman–Crippen MR) is 129 cm³/mol. The van der Waals surface area contributed by atoms with Crippen molar-refractivity contribution in [1.29, 1.82) is 0 Å². The first-order chi connectivity index (χ1) is 16.8. The van der Waals surface area contributed by atoms with Crippen molar-refractivity contribution in [3.8, 4) is 5.69 Å². The summed E-state index contributed by atoms with van der Waals surface area (Å²) in [6.07, 6.45) is 1.26. The molecule has 1 aromatic carbocycles. The third kappa shape index (κ3) is 3.59. The van der Waals surface area contributed by atoms with Gasteiger partial charge in [-0.3, -0.25) is 9.47 Å². The second kappa shape index (κ2) is 7.36. The van der Waals surface area contributed by atoms with Crippen molar-refractivity contribution < 1.29 is 8.78 Å². The van der Waals surface area contributed by atoms with Crippen molar-refractivity contribution in [1.82, 2.24) is 24.6 Å². The lowest BCUT2D eigenvalue weighted by Crippen LogP contribution is -2.73. The van der Waals surface area contributed by atoms with Crippen molar-refractivity contribution in [3.63, 3.8) is 0 Å². The molecule has 0 bridgehead atoms. The van der Waals surface area contributed by atoms with E-state index in [-0.39, 0.29) is 11.2 Å². The van der Waals surface area contributed by atoms with Crippen LogP contribution in [0.2, 0.25) is 5.02 Å². The van der Waals surface area contributed by atoms with Crippen LogP contribution in [0, 0.1) is 18.2 Å². The number of benzene rings is 1. The average Bonchev–Trinajstić information content (AvgIpc) is 3.39. The average molecular weight is 498 g/mol. The van der Waals surface area contributed by atoms with E-state index in [1.54, 1.807) is 13.0 Å². The molecule has 0 radical (unpaired) electrons. The molecule has 4 aliphatic rings. The summed E-state index contributed by atoms with van der Waals surface area (Å²) in [7, 11) is 0. The van der Waals surface area contributed by atoms with E-state index in [1.165, 1.54) is 6.07 Å². The van der Waals surface area contributed by atoms with Gasteiger partial charge >= 0.3 is 0 Å². The van der Waals surface area contributed by atoms with Crippen LogP contribution in [-0.4, -0.2) is 63.0 Å². The van der Waals surface area contributed by atoms with E-state index in [0.29, 0.717) is 43.2 Å². The first-order valence-electron chi connectivity index (χ1n) is 12.1. The summed E-state index contributed by atoms with van der Waals surface area (Å²) in [5.41, 5.74) is 1.61. The van der Waals surface area contributed by atoms with Gasteiger partial charge in [0, 0.05) is 49.7 Å².